The van der Waals surface area contributed by atoms with Gasteiger partial charge in [0.1, 0.15) is 0 Å². The molecule has 7 heteroatoms. The number of hydrogen-bond acceptors (Lipinski definition) is 4. The van der Waals surface area contributed by atoms with Gasteiger partial charge < -0.3 is 5.73 Å². The molecule has 6 nitrogen and oxygen atoms in total. The van der Waals surface area contributed by atoms with E-state index in [0.29, 0.717) is 6.54 Å². The van der Waals surface area contributed by atoms with Gasteiger partial charge in [-0.15, -0.1) is 0 Å². The second-order valence-electron chi connectivity index (χ2n) is 4.65. The van der Waals surface area contributed by atoms with Crippen LogP contribution in [0.2, 0.25) is 0 Å². The molecule has 4 N–H and O–H groups in total. The van der Waals surface area contributed by atoms with Crippen molar-refractivity contribution in [3.8, 4) is 0 Å². The quantitative estimate of drug-likeness (QED) is 0.741. The minimum Gasteiger partial charge on any atom is -0.326 e. The van der Waals surface area contributed by atoms with Gasteiger partial charge in [0.25, 0.3) is 0 Å². The average Bonchev–Trinajstić information content (AvgIpc) is 2.91. The Labute approximate surface area is 118 Å². The van der Waals surface area contributed by atoms with Crippen molar-refractivity contribution in [1.82, 2.24) is 14.9 Å². The van der Waals surface area contributed by atoms with Crippen LogP contribution in [0.15, 0.2) is 36.7 Å². The lowest BCUT2D eigenvalue weighted by atomic mass is 10.1. The van der Waals surface area contributed by atoms with Gasteiger partial charge in [-0.1, -0.05) is 24.3 Å². The van der Waals surface area contributed by atoms with E-state index in [1.165, 1.54) is 0 Å². The van der Waals surface area contributed by atoms with Gasteiger partial charge in [0.05, 0.1) is 11.9 Å². The molecule has 0 amide bonds. The maximum atomic E-state index is 12.1. The van der Waals surface area contributed by atoms with E-state index in [-0.39, 0.29) is 11.8 Å². The molecule has 108 valence electrons. The first kappa shape index (κ1) is 14.7. The minimum absolute atomic E-state index is 0.0664. The van der Waals surface area contributed by atoms with E-state index in [1.54, 1.807) is 25.4 Å². The summed E-state index contributed by atoms with van der Waals surface area (Å²) in [6, 6.07) is 6.95. The molecule has 0 fully saturated rings. The molecular formula is C13H18N4O2S. The van der Waals surface area contributed by atoms with E-state index in [2.05, 4.69) is 14.9 Å². The molecule has 1 heterocycles. The summed E-state index contributed by atoms with van der Waals surface area (Å²) < 4.78 is 26.9. The number of aromatic amines is 1. The van der Waals surface area contributed by atoms with Gasteiger partial charge in [-0.2, -0.15) is 5.10 Å². The number of H-pyrrole nitrogens is 1. The molecule has 0 aliphatic rings. The summed E-state index contributed by atoms with van der Waals surface area (Å²) in [7, 11) is -3.42. The number of benzene rings is 1. The highest BCUT2D eigenvalue weighted by molar-refractivity contribution is 7.88. The standard InChI is InChI=1S/C13H18N4O2S/c1-10(13-7-15-16-8-13)17-20(18,19)9-12-4-2-3-11(5-12)6-14/h2-5,7-8,10,17H,6,9,14H2,1H3,(H,15,16). The zero-order chi connectivity index (χ0) is 14.6. The van der Waals surface area contributed by atoms with Crippen LogP contribution in [0.5, 0.6) is 0 Å². The van der Waals surface area contributed by atoms with Crippen molar-refractivity contribution in [3.63, 3.8) is 0 Å². The first-order valence-corrected chi connectivity index (χ1v) is 7.92. The van der Waals surface area contributed by atoms with Gasteiger partial charge in [-0.3, -0.25) is 5.10 Å². The molecule has 2 rings (SSSR count). The number of nitrogens with zero attached hydrogens (tertiary/aromatic N) is 1. The van der Waals surface area contributed by atoms with Crippen molar-refractivity contribution in [2.24, 2.45) is 5.73 Å². The number of hydrogen-bond donors (Lipinski definition) is 3. The summed E-state index contributed by atoms with van der Waals surface area (Å²) in [5.74, 6) is -0.0664. The molecule has 0 bridgehead atoms. The van der Waals surface area contributed by atoms with E-state index in [0.717, 1.165) is 16.7 Å². The predicted octanol–water partition coefficient (Wildman–Crippen LogP) is 1.05. The van der Waals surface area contributed by atoms with Crippen molar-refractivity contribution >= 4 is 10.0 Å². The maximum absolute atomic E-state index is 12.1. The Morgan fingerprint density at radius 2 is 2.15 bits per heavy atom. The van der Waals surface area contributed by atoms with Crippen molar-refractivity contribution in [3.05, 3.63) is 53.3 Å². The van der Waals surface area contributed by atoms with Crippen LogP contribution in [0.1, 0.15) is 29.7 Å². The molecule has 0 saturated carbocycles. The molecule has 0 spiro atoms. The molecule has 1 atom stereocenters. The Balaban J connectivity index is 2.07. The van der Waals surface area contributed by atoms with Gasteiger partial charge in [-0.25, -0.2) is 13.1 Å². The fourth-order valence-electron chi connectivity index (χ4n) is 1.94. The average molecular weight is 294 g/mol. The summed E-state index contributed by atoms with van der Waals surface area (Å²) >= 11 is 0. The molecule has 1 aromatic carbocycles. The van der Waals surface area contributed by atoms with E-state index in [4.69, 9.17) is 5.73 Å². The largest absolute Gasteiger partial charge is 0.326 e. The van der Waals surface area contributed by atoms with Crippen LogP contribution in [0.3, 0.4) is 0 Å². The van der Waals surface area contributed by atoms with Gasteiger partial charge >= 0.3 is 0 Å². The highest BCUT2D eigenvalue weighted by atomic mass is 32.2. The molecule has 0 saturated heterocycles. The predicted molar refractivity (Wildman–Crippen MR) is 77.1 cm³/mol. The van der Waals surface area contributed by atoms with Crippen LogP contribution in [-0.4, -0.2) is 18.6 Å². The van der Waals surface area contributed by atoms with E-state index in [9.17, 15) is 8.42 Å². The Morgan fingerprint density at radius 3 is 2.80 bits per heavy atom. The van der Waals surface area contributed by atoms with E-state index < -0.39 is 10.0 Å². The summed E-state index contributed by atoms with van der Waals surface area (Å²) in [4.78, 5) is 0. The summed E-state index contributed by atoms with van der Waals surface area (Å²) in [5, 5.41) is 6.47. The Bertz CT molecular complexity index is 653. The first-order chi connectivity index (χ1) is 9.50. The second kappa shape index (κ2) is 6.17. The number of rotatable bonds is 6. The fraction of sp³-hybridized carbons (Fsp3) is 0.308. The molecule has 0 aliphatic carbocycles. The van der Waals surface area contributed by atoms with Crippen molar-refractivity contribution < 1.29 is 8.42 Å². The van der Waals surface area contributed by atoms with Crippen LogP contribution in [-0.2, 0) is 22.3 Å². The number of nitrogens with one attached hydrogen (secondary N) is 2. The normalized spacial score (nSPS) is 13.3. The summed E-state index contributed by atoms with van der Waals surface area (Å²) in [6.07, 6.45) is 3.27. The van der Waals surface area contributed by atoms with E-state index in [1.807, 2.05) is 18.2 Å². The Morgan fingerprint density at radius 1 is 1.40 bits per heavy atom. The zero-order valence-electron chi connectivity index (χ0n) is 11.2. The van der Waals surface area contributed by atoms with Crippen LogP contribution in [0.4, 0.5) is 0 Å². The summed E-state index contributed by atoms with van der Waals surface area (Å²) in [6.45, 7) is 2.17. The molecule has 1 unspecified atom stereocenters. The molecule has 0 aliphatic heterocycles. The number of sulfonamides is 1. The van der Waals surface area contributed by atoms with E-state index >= 15 is 0 Å². The molecule has 1 aromatic heterocycles. The van der Waals surface area contributed by atoms with Gasteiger partial charge in [0.15, 0.2) is 0 Å². The fourth-order valence-corrected chi connectivity index (χ4v) is 3.32. The van der Waals surface area contributed by atoms with Crippen molar-refractivity contribution in [1.29, 1.82) is 0 Å². The third-order valence-electron chi connectivity index (χ3n) is 2.96. The lowest BCUT2D eigenvalue weighted by Crippen LogP contribution is -2.28. The molecule has 2 aromatic rings. The number of aromatic nitrogens is 2. The van der Waals surface area contributed by atoms with Gasteiger partial charge in [-0.05, 0) is 18.1 Å². The van der Waals surface area contributed by atoms with Crippen molar-refractivity contribution in [2.45, 2.75) is 25.3 Å². The monoisotopic (exact) mass is 294 g/mol. The summed E-state index contributed by atoms with van der Waals surface area (Å²) in [5.41, 5.74) is 7.99. The second-order valence-corrected chi connectivity index (χ2v) is 6.41. The smallest absolute Gasteiger partial charge is 0.216 e. The lowest BCUT2D eigenvalue weighted by molar-refractivity contribution is 0.566. The number of nitrogens with two attached hydrogens (primary N) is 1. The SMILES string of the molecule is CC(NS(=O)(=O)Cc1cccc(CN)c1)c1cn[nH]c1. The van der Waals surface area contributed by atoms with Gasteiger partial charge in [0, 0.05) is 24.3 Å². The van der Waals surface area contributed by atoms with Crippen LogP contribution >= 0.6 is 0 Å². The van der Waals surface area contributed by atoms with Crippen molar-refractivity contribution in [2.75, 3.05) is 0 Å². The third-order valence-corrected chi connectivity index (χ3v) is 4.39. The maximum Gasteiger partial charge on any atom is 0.216 e. The van der Waals surface area contributed by atoms with Crippen LogP contribution < -0.4 is 10.5 Å². The van der Waals surface area contributed by atoms with Gasteiger partial charge in [0.2, 0.25) is 10.0 Å². The lowest BCUT2D eigenvalue weighted by Gasteiger charge is -2.13. The topological polar surface area (TPSA) is 101 Å². The molecule has 0 radical (unpaired) electrons. The Kier molecular flexibility index (Phi) is 4.53. The van der Waals surface area contributed by atoms with Crippen LogP contribution in [0.25, 0.3) is 0 Å². The minimum atomic E-state index is -3.42. The molecular weight excluding hydrogens is 276 g/mol. The zero-order valence-corrected chi connectivity index (χ0v) is 12.0. The highest BCUT2D eigenvalue weighted by Gasteiger charge is 2.17. The third kappa shape index (κ3) is 3.89. The first-order valence-electron chi connectivity index (χ1n) is 6.27. The molecule has 20 heavy (non-hydrogen) atoms. The van der Waals surface area contributed by atoms with Crippen LogP contribution in [0, 0.1) is 0 Å². The highest BCUT2D eigenvalue weighted by Crippen LogP contribution is 2.14. The Hall–Kier alpha value is -1.70.